The van der Waals surface area contributed by atoms with Gasteiger partial charge >= 0.3 is 0 Å². The molecule has 0 spiro atoms. The van der Waals surface area contributed by atoms with E-state index in [1.165, 1.54) is 6.07 Å². The molecular formula is C23H23FN2O4. The van der Waals surface area contributed by atoms with Crippen molar-refractivity contribution in [3.05, 3.63) is 51.7 Å². The van der Waals surface area contributed by atoms with Gasteiger partial charge in [0.2, 0.25) is 0 Å². The minimum Gasteiger partial charge on any atom is -0.484 e. The Morgan fingerprint density at radius 2 is 1.97 bits per heavy atom. The van der Waals surface area contributed by atoms with Gasteiger partial charge in [-0.3, -0.25) is 4.79 Å². The molecule has 1 aliphatic carbocycles. The Morgan fingerprint density at radius 3 is 2.60 bits per heavy atom. The van der Waals surface area contributed by atoms with Crippen LogP contribution in [-0.2, 0) is 4.74 Å². The van der Waals surface area contributed by atoms with E-state index in [0.29, 0.717) is 27.8 Å². The number of aliphatic hydroxyl groups is 1. The van der Waals surface area contributed by atoms with Crippen LogP contribution in [0.1, 0.15) is 63.0 Å². The molecule has 2 fully saturated rings. The molecule has 30 heavy (non-hydrogen) atoms. The van der Waals surface area contributed by atoms with E-state index in [9.17, 15) is 14.3 Å². The summed E-state index contributed by atoms with van der Waals surface area (Å²) >= 11 is 0. The summed E-state index contributed by atoms with van der Waals surface area (Å²) in [5.74, 6) is 0.224. The van der Waals surface area contributed by atoms with Crippen molar-refractivity contribution in [3.63, 3.8) is 0 Å². The fraction of sp³-hybridized carbons (Fsp3) is 0.435. The Kier molecular flexibility index (Phi) is 3.47. The van der Waals surface area contributed by atoms with Gasteiger partial charge < -0.3 is 24.1 Å². The van der Waals surface area contributed by atoms with Gasteiger partial charge in [-0.15, -0.1) is 0 Å². The van der Waals surface area contributed by atoms with Gasteiger partial charge in [0.15, 0.2) is 6.29 Å². The first-order valence-corrected chi connectivity index (χ1v) is 10.3. The number of nitrogens with zero attached hydrogens (tertiary/aromatic N) is 1. The van der Waals surface area contributed by atoms with Gasteiger partial charge in [-0.2, -0.15) is 0 Å². The SMILES string of the molecule is CC(C)(C)[C@@H]1Oc2c(cc(F)c3[nH]ccc23)-c2c1cc(C1OC1O)c(=O)n2C1CC1. The number of benzene rings is 1. The summed E-state index contributed by atoms with van der Waals surface area (Å²) in [6.45, 7) is 6.25. The van der Waals surface area contributed by atoms with Crippen molar-refractivity contribution in [2.45, 2.75) is 58.2 Å². The smallest absolute Gasteiger partial charge is 0.257 e. The molecule has 3 aliphatic rings. The lowest BCUT2D eigenvalue weighted by molar-refractivity contribution is 0.0849. The summed E-state index contributed by atoms with van der Waals surface area (Å²) in [6.07, 6.45) is 1.58. The van der Waals surface area contributed by atoms with E-state index < -0.39 is 12.4 Å². The zero-order valence-corrected chi connectivity index (χ0v) is 17.0. The van der Waals surface area contributed by atoms with E-state index >= 15 is 0 Å². The number of H-pyrrole nitrogens is 1. The van der Waals surface area contributed by atoms with Crippen LogP contribution in [0.4, 0.5) is 4.39 Å². The van der Waals surface area contributed by atoms with Gasteiger partial charge in [0.1, 0.15) is 23.8 Å². The van der Waals surface area contributed by atoms with Crippen LogP contribution in [0.2, 0.25) is 0 Å². The van der Waals surface area contributed by atoms with E-state index in [1.807, 2.05) is 6.07 Å². The number of rotatable bonds is 2. The number of aromatic amines is 1. The normalized spacial score (nSPS) is 25.0. The molecule has 7 heteroatoms. The summed E-state index contributed by atoms with van der Waals surface area (Å²) in [6, 6.07) is 5.14. The number of pyridine rings is 1. The fourth-order valence-electron chi connectivity index (χ4n) is 4.67. The number of ether oxygens (including phenoxy) is 2. The molecular weight excluding hydrogens is 387 g/mol. The summed E-state index contributed by atoms with van der Waals surface area (Å²) in [5.41, 5.74) is 2.55. The number of hydrogen-bond donors (Lipinski definition) is 2. The quantitative estimate of drug-likeness (QED) is 0.616. The first-order chi connectivity index (χ1) is 14.3. The van der Waals surface area contributed by atoms with Crippen LogP contribution in [0.25, 0.3) is 22.2 Å². The van der Waals surface area contributed by atoms with Crippen LogP contribution in [0.3, 0.4) is 0 Å². The molecule has 0 bridgehead atoms. The Morgan fingerprint density at radius 1 is 1.23 bits per heavy atom. The van der Waals surface area contributed by atoms with Gasteiger partial charge in [0.05, 0.1) is 16.8 Å². The van der Waals surface area contributed by atoms with Crippen LogP contribution in [0.5, 0.6) is 5.75 Å². The lowest BCUT2D eigenvalue weighted by Crippen LogP contribution is -2.33. The molecule has 0 amide bonds. The van der Waals surface area contributed by atoms with Gasteiger partial charge in [0, 0.05) is 34.2 Å². The lowest BCUT2D eigenvalue weighted by Gasteiger charge is -2.38. The summed E-state index contributed by atoms with van der Waals surface area (Å²) in [5, 5.41) is 10.5. The minimum atomic E-state index is -0.954. The highest BCUT2D eigenvalue weighted by molar-refractivity contribution is 5.95. The third-order valence-corrected chi connectivity index (χ3v) is 6.28. The van der Waals surface area contributed by atoms with Gasteiger partial charge in [-0.05, 0) is 31.0 Å². The second-order valence-electron chi connectivity index (χ2n) is 9.62. The molecule has 2 N–H and O–H groups in total. The predicted octanol–water partition coefficient (Wildman–Crippen LogP) is 4.34. The van der Waals surface area contributed by atoms with Crippen LogP contribution >= 0.6 is 0 Å². The number of fused-ring (bicyclic) bond motifs is 5. The van der Waals surface area contributed by atoms with E-state index in [0.717, 1.165) is 24.1 Å². The zero-order chi connectivity index (χ0) is 20.9. The maximum absolute atomic E-state index is 14.9. The van der Waals surface area contributed by atoms with Crippen molar-refractivity contribution < 1.29 is 19.0 Å². The van der Waals surface area contributed by atoms with Gasteiger partial charge in [-0.1, -0.05) is 20.8 Å². The third kappa shape index (κ3) is 2.45. The number of nitrogens with one attached hydrogen (secondary N) is 1. The summed E-state index contributed by atoms with van der Waals surface area (Å²) < 4.78 is 28.5. The fourth-order valence-corrected chi connectivity index (χ4v) is 4.67. The maximum atomic E-state index is 14.9. The molecule has 1 saturated heterocycles. The second-order valence-corrected chi connectivity index (χ2v) is 9.62. The number of halogens is 1. The first-order valence-electron chi connectivity index (χ1n) is 10.3. The Hall–Kier alpha value is -2.64. The highest BCUT2D eigenvalue weighted by Crippen LogP contribution is 2.53. The molecule has 2 aromatic heterocycles. The van der Waals surface area contributed by atoms with E-state index in [2.05, 4.69) is 25.8 Å². The maximum Gasteiger partial charge on any atom is 0.257 e. The number of hydrogen-bond acceptors (Lipinski definition) is 4. The molecule has 6 rings (SSSR count). The van der Waals surface area contributed by atoms with E-state index in [4.69, 9.17) is 9.47 Å². The molecule has 3 aromatic rings. The summed E-state index contributed by atoms with van der Waals surface area (Å²) in [7, 11) is 0. The Bertz CT molecular complexity index is 1260. The van der Waals surface area contributed by atoms with Crippen molar-refractivity contribution in [2.24, 2.45) is 5.41 Å². The van der Waals surface area contributed by atoms with Gasteiger partial charge in [-0.25, -0.2) is 4.39 Å². The number of aromatic nitrogens is 2. The topological polar surface area (TPSA) is 79.8 Å². The van der Waals surface area contributed by atoms with Crippen molar-refractivity contribution in [3.8, 4) is 17.0 Å². The van der Waals surface area contributed by atoms with E-state index in [-0.39, 0.29) is 28.9 Å². The monoisotopic (exact) mass is 410 g/mol. The van der Waals surface area contributed by atoms with Crippen LogP contribution in [0.15, 0.2) is 29.2 Å². The molecule has 3 atom stereocenters. The van der Waals surface area contributed by atoms with Crippen molar-refractivity contribution in [2.75, 3.05) is 0 Å². The van der Waals surface area contributed by atoms with Crippen molar-refractivity contribution in [1.29, 1.82) is 0 Å². The van der Waals surface area contributed by atoms with Crippen molar-refractivity contribution >= 4 is 10.9 Å². The van der Waals surface area contributed by atoms with E-state index in [1.54, 1.807) is 16.8 Å². The second kappa shape index (κ2) is 5.74. The van der Waals surface area contributed by atoms with Crippen LogP contribution in [-0.4, -0.2) is 20.9 Å². The molecule has 0 radical (unpaired) electrons. The van der Waals surface area contributed by atoms with Crippen molar-refractivity contribution in [1.82, 2.24) is 9.55 Å². The molecule has 2 unspecified atom stereocenters. The number of epoxide rings is 1. The average molecular weight is 410 g/mol. The standard InChI is InChI=1S/C23H23FN2O4/c1-23(2,3)20-13-8-14(19-22(28)30-19)21(27)26(10-4-5-10)17(13)12-9-15(24)16-11(6-7-25-16)18(12)29-20/h6-10,19-20,22,25,28H,4-5H2,1-3H3/t19?,20-,22?/m1/s1. The van der Waals surface area contributed by atoms with Gasteiger partial charge in [0.25, 0.3) is 5.56 Å². The largest absolute Gasteiger partial charge is 0.484 e. The number of aliphatic hydroxyl groups excluding tert-OH is 1. The zero-order valence-electron chi connectivity index (χ0n) is 17.0. The van der Waals surface area contributed by atoms with Crippen LogP contribution < -0.4 is 10.3 Å². The lowest BCUT2D eigenvalue weighted by atomic mass is 9.80. The first kappa shape index (κ1) is 18.2. The predicted molar refractivity (Wildman–Crippen MR) is 109 cm³/mol. The highest BCUT2D eigenvalue weighted by Gasteiger charge is 2.46. The molecule has 4 heterocycles. The third-order valence-electron chi connectivity index (χ3n) is 6.28. The molecule has 1 aromatic carbocycles. The van der Waals surface area contributed by atoms with Crippen LogP contribution in [0, 0.1) is 11.2 Å². The molecule has 6 nitrogen and oxygen atoms in total. The minimum absolute atomic E-state index is 0.0682. The summed E-state index contributed by atoms with van der Waals surface area (Å²) in [4.78, 5) is 16.4. The Labute approximate surface area is 172 Å². The molecule has 1 saturated carbocycles. The average Bonchev–Trinajstić information content (AvgIpc) is 3.58. The molecule has 2 aliphatic heterocycles. The highest BCUT2D eigenvalue weighted by atomic mass is 19.1. The molecule has 156 valence electrons. The Balaban J connectivity index is 1.73.